The number of aromatic nitrogens is 2. The van der Waals surface area contributed by atoms with Crippen LogP contribution < -0.4 is 20.7 Å². The molecule has 0 saturated carbocycles. The molecule has 0 amide bonds. The first-order chi connectivity index (χ1) is 27.2. The third-order valence-electron chi connectivity index (χ3n) is 9.19. The Hall–Kier alpha value is -4.20. The summed E-state index contributed by atoms with van der Waals surface area (Å²) in [6, 6.07) is 26.5. The van der Waals surface area contributed by atoms with Crippen LogP contribution in [0.1, 0.15) is 57.0 Å². The summed E-state index contributed by atoms with van der Waals surface area (Å²) in [5.74, 6) is 1.18. The van der Waals surface area contributed by atoms with E-state index in [0.29, 0.717) is 28.2 Å². The molecule has 1 aromatic heterocycles. The lowest BCUT2D eigenvalue weighted by atomic mass is 9.80. The molecule has 0 radical (unpaired) electrons. The van der Waals surface area contributed by atoms with Gasteiger partial charge in [0, 0.05) is 24.3 Å². The van der Waals surface area contributed by atoms with Gasteiger partial charge in [-0.05, 0) is 80.4 Å². The predicted octanol–water partition coefficient (Wildman–Crippen LogP) is 7.74. The van der Waals surface area contributed by atoms with E-state index in [4.69, 9.17) is 28.0 Å². The van der Waals surface area contributed by atoms with Crippen LogP contribution in [0, 0.1) is 11.3 Å². The molecule has 2 heterocycles. The first kappa shape index (κ1) is 43.9. The predicted molar refractivity (Wildman–Crippen MR) is 211 cm³/mol. The fraction of sp³-hybridized carbons (Fsp3) is 0.425. The van der Waals surface area contributed by atoms with Gasteiger partial charge in [-0.25, -0.2) is 9.46 Å². The second kappa shape index (κ2) is 19.5. The van der Waals surface area contributed by atoms with E-state index < -0.39 is 54.6 Å². The van der Waals surface area contributed by atoms with Gasteiger partial charge >= 0.3 is 11.2 Å². The molecule has 0 bridgehead atoms. The molecule has 12 nitrogen and oxygen atoms in total. The van der Waals surface area contributed by atoms with Crippen molar-refractivity contribution in [2.75, 3.05) is 27.4 Å². The Balaban J connectivity index is 1.69. The Morgan fingerprint density at radius 3 is 1.95 bits per heavy atom. The zero-order valence-electron chi connectivity index (χ0n) is 32.3. The Kier molecular flexibility index (Phi) is 15.0. The molecule has 306 valence electrons. The van der Waals surface area contributed by atoms with Crippen LogP contribution in [0.2, 0.25) is 0 Å². The van der Waals surface area contributed by atoms with Crippen LogP contribution in [-0.4, -0.2) is 76.7 Å². The number of nitriles is 1. The van der Waals surface area contributed by atoms with E-state index in [1.807, 2.05) is 93.0 Å². The summed E-state index contributed by atoms with van der Waals surface area (Å²) in [5.41, 5.74) is -5.87. The fourth-order valence-corrected chi connectivity index (χ4v) is 9.63. The molecule has 57 heavy (non-hydrogen) atoms. The Bertz CT molecular complexity index is 1990. The highest BCUT2D eigenvalue weighted by Crippen LogP contribution is 2.54. The number of hydrogen-bond donors (Lipinski definition) is 1. The van der Waals surface area contributed by atoms with Crippen LogP contribution in [0.4, 0.5) is 13.2 Å². The van der Waals surface area contributed by atoms with Crippen molar-refractivity contribution >= 4 is 20.3 Å². The number of rotatable bonds is 18. The Labute approximate surface area is 334 Å². The minimum atomic E-state index is -4.81. The Morgan fingerprint density at radius 2 is 1.46 bits per heavy atom. The highest BCUT2D eigenvalue weighted by molar-refractivity contribution is 8.00. The third kappa shape index (κ3) is 10.5. The average molecular weight is 831 g/mol. The summed E-state index contributed by atoms with van der Waals surface area (Å²) in [4.78, 5) is 27.4. The monoisotopic (exact) mass is 830 g/mol. The van der Waals surface area contributed by atoms with Crippen molar-refractivity contribution in [3.8, 4) is 17.6 Å². The zero-order chi connectivity index (χ0) is 41.3. The molecule has 4 aromatic rings. The van der Waals surface area contributed by atoms with Crippen molar-refractivity contribution < 1.29 is 41.2 Å². The number of halogens is 3. The molecule has 5 atom stereocenters. The van der Waals surface area contributed by atoms with Gasteiger partial charge in [-0.2, -0.15) is 18.4 Å². The van der Waals surface area contributed by atoms with Gasteiger partial charge in [0.1, 0.15) is 29.3 Å². The lowest BCUT2D eigenvalue weighted by Gasteiger charge is -2.39. The van der Waals surface area contributed by atoms with E-state index in [0.717, 1.165) is 16.8 Å². The van der Waals surface area contributed by atoms with Crippen molar-refractivity contribution in [3.05, 3.63) is 129 Å². The van der Waals surface area contributed by atoms with Crippen molar-refractivity contribution in [2.45, 2.75) is 81.0 Å². The number of aromatic amines is 1. The van der Waals surface area contributed by atoms with E-state index in [2.05, 4.69) is 4.98 Å². The summed E-state index contributed by atoms with van der Waals surface area (Å²) < 4.78 is 83.9. The summed E-state index contributed by atoms with van der Waals surface area (Å²) in [5, 5.41) is 7.72. The summed E-state index contributed by atoms with van der Waals surface area (Å²) in [6.07, 6.45) is -3.12. The summed E-state index contributed by atoms with van der Waals surface area (Å²) in [7, 11) is 0.991. The van der Waals surface area contributed by atoms with Crippen molar-refractivity contribution in [1.82, 2.24) is 14.2 Å². The van der Waals surface area contributed by atoms with E-state index in [1.165, 1.54) is 0 Å². The molecule has 5 rings (SSSR count). The number of H-pyrrole nitrogens is 1. The lowest BCUT2D eigenvalue weighted by molar-refractivity contribution is -0.0925. The van der Waals surface area contributed by atoms with Crippen molar-refractivity contribution in [1.29, 1.82) is 5.26 Å². The largest absolute Gasteiger partial charge is 0.497 e. The molecule has 0 spiro atoms. The molecule has 0 aliphatic carbocycles. The third-order valence-corrected chi connectivity index (χ3v) is 12.4. The van der Waals surface area contributed by atoms with E-state index in [9.17, 15) is 28.0 Å². The Morgan fingerprint density at radius 1 is 0.895 bits per heavy atom. The van der Waals surface area contributed by atoms with Gasteiger partial charge in [-0.1, -0.05) is 54.6 Å². The fourth-order valence-electron chi connectivity index (χ4n) is 6.78. The van der Waals surface area contributed by atoms with Gasteiger partial charge in [0.05, 0.1) is 45.2 Å². The van der Waals surface area contributed by atoms with Crippen LogP contribution in [0.3, 0.4) is 0 Å². The van der Waals surface area contributed by atoms with Crippen molar-refractivity contribution in [2.24, 2.45) is 0 Å². The number of nitrogens with one attached hydrogen (secondary N) is 1. The maximum Gasteiger partial charge on any atom is 0.442 e. The normalized spacial score (nSPS) is 19.2. The molecular weight excluding hydrogens is 784 g/mol. The highest BCUT2D eigenvalue weighted by Gasteiger charge is 2.54. The van der Waals surface area contributed by atoms with Crippen LogP contribution in [0.5, 0.6) is 11.5 Å². The molecule has 1 saturated heterocycles. The number of thioether (sulfide) groups is 1. The minimum absolute atomic E-state index is 0.0133. The molecule has 1 aliphatic rings. The van der Waals surface area contributed by atoms with Gasteiger partial charge in [0.15, 0.2) is 6.23 Å². The molecule has 1 aliphatic heterocycles. The number of methoxy groups -OCH3 is 2. The van der Waals surface area contributed by atoms with E-state index in [-0.39, 0.29) is 43.5 Å². The zero-order valence-corrected chi connectivity index (χ0v) is 34.1. The van der Waals surface area contributed by atoms with Crippen molar-refractivity contribution in [3.63, 3.8) is 0 Å². The number of nitrogens with zero attached hydrogens (tertiary/aromatic N) is 3. The number of hydrogen-bond acceptors (Lipinski definition) is 11. The molecule has 1 unspecified atom stereocenters. The van der Waals surface area contributed by atoms with Crippen LogP contribution in [0.25, 0.3) is 0 Å². The number of ether oxygens (including phenoxy) is 4. The SMILES string of the molecule is COc1ccc(C(OC[C@H]2O[C@@H](n3ccc(=O)[nH]c3=O)[C@H](SC(F)(F)F)[C@@H]2OP(OCCC#N)N(C(C)C)C(C)C)(c2ccccc2)c2ccc(OC)cc2)cc1. The maximum absolute atomic E-state index is 14.6. The smallest absolute Gasteiger partial charge is 0.442 e. The second-order valence-electron chi connectivity index (χ2n) is 13.5. The first-order valence-corrected chi connectivity index (χ1v) is 20.2. The molecule has 17 heteroatoms. The minimum Gasteiger partial charge on any atom is -0.497 e. The van der Waals surface area contributed by atoms with Crippen LogP contribution >= 0.6 is 20.3 Å². The standard InChI is InChI=1S/C40H46F3N4O8PS/c1-26(2)47(27(3)4)56(53-24-10-22-44)55-35-33(54-37(36(35)57-40(41,42)43)46-23-21-34(48)45-38(46)49)25-52-39(28-11-8-7-9-12-28,29-13-17-31(50-5)18-14-29)30-15-19-32(51-6)20-16-30/h7-9,11-21,23,26-27,33,35-37H,10,24-25H2,1-6H3,(H,45,48,49)/t33-,35-,36-,37-,56?/m1/s1. The summed E-state index contributed by atoms with van der Waals surface area (Å²) in [6.45, 7) is 7.22. The lowest BCUT2D eigenvalue weighted by Crippen LogP contribution is -2.42. The van der Waals surface area contributed by atoms with Crippen LogP contribution in [-0.2, 0) is 24.1 Å². The molecule has 3 aromatic carbocycles. The van der Waals surface area contributed by atoms with E-state index in [1.54, 1.807) is 38.5 Å². The van der Waals surface area contributed by atoms with E-state index >= 15 is 0 Å². The molecule has 1 N–H and O–H groups in total. The van der Waals surface area contributed by atoms with Gasteiger partial charge in [0.2, 0.25) is 0 Å². The topological polar surface area (TPSA) is 137 Å². The quantitative estimate of drug-likeness (QED) is 0.0599. The highest BCUT2D eigenvalue weighted by atomic mass is 32.2. The molecular formula is C40H46F3N4O8PS. The van der Waals surface area contributed by atoms with Gasteiger partial charge in [-0.3, -0.25) is 14.3 Å². The van der Waals surface area contributed by atoms with Gasteiger partial charge < -0.3 is 28.0 Å². The maximum atomic E-state index is 14.6. The first-order valence-electron chi connectivity index (χ1n) is 18.2. The number of alkyl halides is 3. The number of benzene rings is 3. The second-order valence-corrected chi connectivity index (χ2v) is 16.2. The van der Waals surface area contributed by atoms with Gasteiger partial charge in [-0.15, -0.1) is 0 Å². The summed E-state index contributed by atoms with van der Waals surface area (Å²) >= 11 is -0.380. The van der Waals surface area contributed by atoms with Crippen LogP contribution in [0.15, 0.2) is 101 Å². The van der Waals surface area contributed by atoms with Gasteiger partial charge in [0.25, 0.3) is 14.1 Å². The molecule has 1 fully saturated rings. The average Bonchev–Trinajstić information content (AvgIpc) is 3.50.